The van der Waals surface area contributed by atoms with Gasteiger partial charge in [0, 0.05) is 17.1 Å². The fourth-order valence-electron chi connectivity index (χ4n) is 2.91. The third kappa shape index (κ3) is 4.61. The molecule has 0 aliphatic rings. The first-order valence-electron chi connectivity index (χ1n) is 9.17. The van der Waals surface area contributed by atoms with Gasteiger partial charge in [0.05, 0.1) is 16.8 Å². The van der Waals surface area contributed by atoms with Crippen molar-refractivity contribution < 1.29 is 4.79 Å². The molecular weight excluding hydrogens is 384 g/mol. The number of amides is 1. The smallest absolute Gasteiger partial charge is 0.229 e. The van der Waals surface area contributed by atoms with Gasteiger partial charge in [-0.2, -0.15) is 0 Å². The van der Waals surface area contributed by atoms with Gasteiger partial charge < -0.3 is 0 Å². The highest BCUT2D eigenvalue weighted by atomic mass is 32.2. The van der Waals surface area contributed by atoms with E-state index in [0.717, 1.165) is 26.7 Å². The number of hydrogen-bond acceptors (Lipinski definition) is 4. The molecule has 3 nitrogen and oxygen atoms in total. The Hall–Kier alpha value is -2.63. The van der Waals surface area contributed by atoms with Crippen LogP contribution in [0.2, 0.25) is 0 Å². The molecule has 0 atom stereocenters. The monoisotopic (exact) mass is 404 g/mol. The highest BCUT2D eigenvalue weighted by molar-refractivity contribution is 7.99. The zero-order valence-corrected chi connectivity index (χ0v) is 17.0. The van der Waals surface area contributed by atoms with Crippen molar-refractivity contribution in [3.8, 4) is 0 Å². The van der Waals surface area contributed by atoms with Gasteiger partial charge >= 0.3 is 0 Å². The van der Waals surface area contributed by atoms with E-state index in [1.807, 2.05) is 77.7 Å². The predicted molar refractivity (Wildman–Crippen MR) is 119 cm³/mol. The van der Waals surface area contributed by atoms with Crippen molar-refractivity contribution >= 4 is 44.4 Å². The highest BCUT2D eigenvalue weighted by Gasteiger charge is 2.20. The van der Waals surface area contributed by atoms with Gasteiger partial charge in [0.1, 0.15) is 0 Å². The summed E-state index contributed by atoms with van der Waals surface area (Å²) in [5.74, 6) is 0.852. The number of nitrogens with zero attached hydrogens (tertiary/aromatic N) is 2. The Bertz CT molecular complexity index is 1010. The molecule has 4 rings (SSSR count). The van der Waals surface area contributed by atoms with Crippen molar-refractivity contribution in [3.05, 3.63) is 90.5 Å². The molecule has 4 aromatic rings. The first-order valence-corrected chi connectivity index (χ1v) is 11.0. The van der Waals surface area contributed by atoms with Gasteiger partial charge in [-0.25, -0.2) is 4.98 Å². The Kier molecular flexibility index (Phi) is 6.04. The van der Waals surface area contributed by atoms with Crippen LogP contribution in [-0.4, -0.2) is 16.6 Å². The summed E-state index contributed by atoms with van der Waals surface area (Å²) < 4.78 is 1.10. The second kappa shape index (κ2) is 9.04. The summed E-state index contributed by atoms with van der Waals surface area (Å²) in [7, 11) is 0. The third-order valence-corrected chi connectivity index (χ3v) is 6.40. The van der Waals surface area contributed by atoms with Crippen LogP contribution in [0.15, 0.2) is 89.8 Å². The lowest BCUT2D eigenvalue weighted by molar-refractivity contribution is -0.118. The second-order valence-electron chi connectivity index (χ2n) is 6.34. The van der Waals surface area contributed by atoms with E-state index in [9.17, 15) is 4.79 Å². The van der Waals surface area contributed by atoms with E-state index in [0.29, 0.717) is 13.0 Å². The molecule has 0 saturated heterocycles. The molecule has 0 radical (unpaired) electrons. The van der Waals surface area contributed by atoms with Gasteiger partial charge in [-0.05, 0) is 29.8 Å². The van der Waals surface area contributed by atoms with Gasteiger partial charge in [0.15, 0.2) is 5.13 Å². The molecule has 0 saturated carbocycles. The summed E-state index contributed by atoms with van der Waals surface area (Å²) in [5.41, 5.74) is 2.04. The number of para-hydroxylation sites is 1. The SMILES string of the molecule is O=C(CCSc1ccccc1)N(Cc1ccccc1)c1nc2ccccc2s1. The summed E-state index contributed by atoms with van der Waals surface area (Å²) in [4.78, 5) is 20.8. The number of anilines is 1. The van der Waals surface area contributed by atoms with E-state index in [2.05, 4.69) is 12.1 Å². The molecule has 0 aliphatic carbocycles. The quantitative estimate of drug-likeness (QED) is 0.354. The fraction of sp³-hybridized carbons (Fsp3) is 0.130. The molecule has 0 unspecified atom stereocenters. The minimum Gasteiger partial charge on any atom is -0.284 e. The molecule has 1 heterocycles. The van der Waals surface area contributed by atoms with Crippen LogP contribution in [0, 0.1) is 0 Å². The van der Waals surface area contributed by atoms with Gasteiger partial charge in [-0.3, -0.25) is 9.69 Å². The summed E-state index contributed by atoms with van der Waals surface area (Å²) >= 11 is 3.28. The number of aromatic nitrogens is 1. The molecule has 0 bridgehead atoms. The second-order valence-corrected chi connectivity index (χ2v) is 8.52. The number of rotatable bonds is 7. The van der Waals surface area contributed by atoms with E-state index in [1.54, 1.807) is 23.1 Å². The third-order valence-electron chi connectivity index (χ3n) is 4.33. The molecule has 0 aliphatic heterocycles. The lowest BCUT2D eigenvalue weighted by atomic mass is 10.2. The molecule has 3 aromatic carbocycles. The van der Waals surface area contributed by atoms with Crippen molar-refractivity contribution in [3.63, 3.8) is 0 Å². The van der Waals surface area contributed by atoms with E-state index in [-0.39, 0.29) is 5.91 Å². The number of fused-ring (bicyclic) bond motifs is 1. The number of carbonyl (C=O) groups excluding carboxylic acids is 1. The zero-order chi connectivity index (χ0) is 19.2. The topological polar surface area (TPSA) is 33.2 Å². The standard InChI is InChI=1S/C23H20N2OS2/c26-22(15-16-27-19-11-5-2-6-12-19)25(17-18-9-3-1-4-10-18)23-24-20-13-7-8-14-21(20)28-23/h1-14H,15-17H2. The van der Waals surface area contributed by atoms with Crippen molar-refractivity contribution in [1.29, 1.82) is 0 Å². The number of thioether (sulfide) groups is 1. The Morgan fingerprint density at radius 3 is 2.32 bits per heavy atom. The van der Waals surface area contributed by atoms with Crippen LogP contribution in [0.3, 0.4) is 0 Å². The van der Waals surface area contributed by atoms with E-state index in [1.165, 1.54) is 4.90 Å². The molecule has 0 N–H and O–H groups in total. The molecule has 28 heavy (non-hydrogen) atoms. The zero-order valence-electron chi connectivity index (χ0n) is 15.3. The molecular formula is C23H20N2OS2. The van der Waals surface area contributed by atoms with E-state index < -0.39 is 0 Å². The van der Waals surface area contributed by atoms with Crippen molar-refractivity contribution in [2.45, 2.75) is 17.9 Å². The van der Waals surface area contributed by atoms with Gasteiger partial charge in [0.2, 0.25) is 5.91 Å². The summed E-state index contributed by atoms with van der Waals surface area (Å²) in [6, 6.07) is 28.3. The predicted octanol–water partition coefficient (Wildman–Crippen LogP) is 6.01. The van der Waals surface area contributed by atoms with Crippen LogP contribution in [-0.2, 0) is 11.3 Å². The van der Waals surface area contributed by atoms with Gasteiger partial charge in [0.25, 0.3) is 0 Å². The largest absolute Gasteiger partial charge is 0.284 e. The fourth-order valence-corrected chi connectivity index (χ4v) is 4.76. The minimum atomic E-state index is 0.103. The van der Waals surface area contributed by atoms with Crippen molar-refractivity contribution in [2.75, 3.05) is 10.7 Å². The van der Waals surface area contributed by atoms with Crippen LogP contribution in [0.4, 0.5) is 5.13 Å². The summed E-state index contributed by atoms with van der Waals surface area (Å²) in [5, 5.41) is 0.764. The van der Waals surface area contributed by atoms with Gasteiger partial charge in [-0.1, -0.05) is 72.0 Å². The normalized spacial score (nSPS) is 10.9. The highest BCUT2D eigenvalue weighted by Crippen LogP contribution is 2.30. The molecule has 0 spiro atoms. The van der Waals surface area contributed by atoms with E-state index in [4.69, 9.17) is 4.98 Å². The molecule has 5 heteroatoms. The average molecular weight is 405 g/mol. The van der Waals surface area contributed by atoms with Crippen molar-refractivity contribution in [1.82, 2.24) is 4.98 Å². The van der Waals surface area contributed by atoms with Crippen LogP contribution in [0.5, 0.6) is 0 Å². The van der Waals surface area contributed by atoms with Crippen molar-refractivity contribution in [2.24, 2.45) is 0 Å². The first kappa shape index (κ1) is 18.7. The molecule has 0 fully saturated rings. The maximum Gasteiger partial charge on any atom is 0.229 e. The molecule has 140 valence electrons. The van der Waals surface area contributed by atoms with Crippen LogP contribution >= 0.6 is 23.1 Å². The molecule has 1 aromatic heterocycles. The maximum atomic E-state index is 13.1. The number of benzene rings is 3. The summed E-state index contributed by atoms with van der Waals surface area (Å²) in [6.45, 7) is 0.537. The number of thiazole rings is 1. The van der Waals surface area contributed by atoms with Crippen LogP contribution in [0.25, 0.3) is 10.2 Å². The maximum absolute atomic E-state index is 13.1. The van der Waals surface area contributed by atoms with Crippen LogP contribution < -0.4 is 4.90 Å². The Labute approximate surface area is 173 Å². The number of hydrogen-bond donors (Lipinski definition) is 0. The Morgan fingerprint density at radius 2 is 1.57 bits per heavy atom. The Balaban J connectivity index is 1.52. The Morgan fingerprint density at radius 1 is 0.893 bits per heavy atom. The average Bonchev–Trinajstić information content (AvgIpc) is 3.17. The number of carbonyl (C=O) groups is 1. The lowest BCUT2D eigenvalue weighted by Gasteiger charge is -2.20. The molecule has 1 amide bonds. The summed E-state index contributed by atoms with van der Waals surface area (Å²) in [6.07, 6.45) is 0.475. The first-order chi connectivity index (χ1) is 13.8. The minimum absolute atomic E-state index is 0.103. The van der Waals surface area contributed by atoms with E-state index >= 15 is 0 Å². The lowest BCUT2D eigenvalue weighted by Crippen LogP contribution is -2.30. The van der Waals surface area contributed by atoms with Gasteiger partial charge in [-0.15, -0.1) is 11.8 Å². The van der Waals surface area contributed by atoms with Crippen LogP contribution in [0.1, 0.15) is 12.0 Å².